The van der Waals surface area contributed by atoms with Gasteiger partial charge >= 0.3 is 0 Å². The van der Waals surface area contributed by atoms with Gasteiger partial charge < -0.3 is 5.32 Å². The van der Waals surface area contributed by atoms with Gasteiger partial charge in [0.2, 0.25) is 6.43 Å². The van der Waals surface area contributed by atoms with E-state index in [0.29, 0.717) is 17.3 Å². The molecule has 2 N–H and O–H groups in total. The summed E-state index contributed by atoms with van der Waals surface area (Å²) in [6, 6.07) is 13.7. The largest absolute Gasteiger partial charge is 0.354 e. The quantitative estimate of drug-likeness (QED) is 0.327. The summed E-state index contributed by atoms with van der Waals surface area (Å²) in [7, 11) is 0. The highest BCUT2D eigenvalue weighted by Gasteiger charge is 2.17. The molecule has 33 heavy (non-hydrogen) atoms. The molecule has 0 aliphatic heterocycles. The lowest BCUT2D eigenvalue weighted by molar-refractivity contribution is 0.149. The fraction of sp³-hybridized carbons (Fsp3) is 0.308. The minimum atomic E-state index is -2.35. The molecule has 1 aliphatic carbocycles. The number of halogens is 2. The van der Waals surface area contributed by atoms with Crippen LogP contribution in [0, 0.1) is 0 Å². The Kier molecular flexibility index (Phi) is 5.94. The number of fused-ring (bicyclic) bond motifs is 1. The lowest BCUT2D eigenvalue weighted by Crippen LogP contribution is -2.12. The number of aromatic nitrogens is 4. The Morgan fingerprint density at radius 3 is 2.64 bits per heavy atom. The molecule has 1 saturated carbocycles. The minimum absolute atomic E-state index is 0.245. The van der Waals surface area contributed by atoms with Crippen molar-refractivity contribution in [3.63, 3.8) is 0 Å². The van der Waals surface area contributed by atoms with Crippen LogP contribution in [0.4, 0.5) is 14.5 Å². The Labute approximate surface area is 191 Å². The van der Waals surface area contributed by atoms with Crippen LogP contribution in [0.15, 0.2) is 61.4 Å². The van der Waals surface area contributed by atoms with Crippen LogP contribution in [0.1, 0.15) is 49.4 Å². The highest BCUT2D eigenvalue weighted by Crippen LogP contribution is 2.31. The van der Waals surface area contributed by atoms with E-state index in [2.05, 4.69) is 50.2 Å². The van der Waals surface area contributed by atoms with Crippen molar-refractivity contribution in [1.82, 2.24) is 20.0 Å². The maximum Gasteiger partial charge on any atom is 0.242 e. The third kappa shape index (κ3) is 4.67. The zero-order chi connectivity index (χ0) is 22.8. The molecule has 5 nitrogen and oxygen atoms in total. The Morgan fingerprint density at radius 2 is 1.88 bits per heavy atom. The molecule has 0 radical (unpaired) electrons. The molecular formula is C26H27F2N5. The summed E-state index contributed by atoms with van der Waals surface area (Å²) in [6.45, 7) is 4.15. The summed E-state index contributed by atoms with van der Waals surface area (Å²) < 4.78 is 27.3. The molecule has 4 aromatic rings. The van der Waals surface area contributed by atoms with Crippen molar-refractivity contribution in [3.8, 4) is 11.1 Å². The van der Waals surface area contributed by atoms with Gasteiger partial charge in [0.25, 0.3) is 0 Å². The first kappa shape index (κ1) is 21.4. The highest BCUT2D eigenvalue weighted by atomic mass is 19.3. The molecule has 0 atom stereocenters. The molecule has 7 heteroatoms. The number of nitrogens with one attached hydrogen (secondary N) is 2. The van der Waals surface area contributed by atoms with Crippen molar-refractivity contribution in [2.45, 2.75) is 51.0 Å². The molecule has 5 rings (SSSR count). The van der Waals surface area contributed by atoms with Crippen molar-refractivity contribution in [2.75, 3.05) is 5.32 Å². The fourth-order valence-electron chi connectivity index (χ4n) is 4.59. The monoisotopic (exact) mass is 447 g/mol. The van der Waals surface area contributed by atoms with Crippen molar-refractivity contribution >= 4 is 22.3 Å². The molecule has 170 valence electrons. The number of H-pyrrole nitrogens is 1. The Balaban J connectivity index is 1.36. The summed E-state index contributed by atoms with van der Waals surface area (Å²) >= 11 is 0. The van der Waals surface area contributed by atoms with E-state index in [9.17, 15) is 8.78 Å². The molecular weight excluding hydrogens is 420 g/mol. The molecule has 0 spiro atoms. The van der Waals surface area contributed by atoms with E-state index in [4.69, 9.17) is 0 Å². The molecule has 0 amide bonds. The summed E-state index contributed by atoms with van der Waals surface area (Å²) in [6.07, 6.45) is 7.74. The Bertz CT molecular complexity index is 1250. The minimum Gasteiger partial charge on any atom is -0.354 e. The molecule has 1 fully saturated rings. The van der Waals surface area contributed by atoms with Crippen LogP contribution in [0.2, 0.25) is 0 Å². The van der Waals surface area contributed by atoms with Gasteiger partial charge in [0.05, 0.1) is 23.5 Å². The van der Waals surface area contributed by atoms with E-state index in [1.54, 1.807) is 24.3 Å². The first-order valence-corrected chi connectivity index (χ1v) is 11.4. The first-order valence-electron chi connectivity index (χ1n) is 11.4. The molecule has 2 heterocycles. The average Bonchev–Trinajstić information content (AvgIpc) is 3.48. The van der Waals surface area contributed by atoms with Gasteiger partial charge in [-0.15, -0.1) is 0 Å². The average molecular weight is 448 g/mol. The number of benzene rings is 2. The van der Waals surface area contributed by atoms with E-state index in [0.717, 1.165) is 33.4 Å². The molecule has 2 aromatic heterocycles. The number of nitrogens with zero attached hydrogens (tertiary/aromatic N) is 3. The van der Waals surface area contributed by atoms with Gasteiger partial charge in [0.1, 0.15) is 5.69 Å². The predicted molar refractivity (Wildman–Crippen MR) is 128 cm³/mol. The predicted octanol–water partition coefficient (Wildman–Crippen LogP) is 6.82. The smallest absolute Gasteiger partial charge is 0.242 e. The number of hydrogen-bond acceptors (Lipinski definition) is 3. The lowest BCUT2D eigenvalue weighted by atomic mass is 9.96. The molecule has 2 aromatic carbocycles. The normalized spacial score (nSPS) is 14.8. The molecule has 1 aliphatic rings. The third-order valence-electron chi connectivity index (χ3n) is 6.37. The van der Waals surface area contributed by atoms with Crippen molar-refractivity contribution in [2.24, 2.45) is 0 Å². The number of hydrogen-bond donors (Lipinski definition) is 2. The number of anilines is 1. The molecule has 0 bridgehead atoms. The highest BCUT2D eigenvalue weighted by molar-refractivity contribution is 5.94. The SMILES string of the molecule is C=C(Nc1ccc(CC(F)F)cc1)c1n[nH]c2ccc(-c3cnn(C4CCCCC4)c3)cc12. The van der Waals surface area contributed by atoms with Crippen molar-refractivity contribution < 1.29 is 8.78 Å². The second-order valence-corrected chi connectivity index (χ2v) is 8.73. The number of rotatable bonds is 7. The van der Waals surface area contributed by atoms with Crippen LogP contribution < -0.4 is 5.32 Å². The van der Waals surface area contributed by atoms with Gasteiger partial charge in [-0.2, -0.15) is 10.2 Å². The molecule has 0 saturated heterocycles. The summed E-state index contributed by atoms with van der Waals surface area (Å²) in [4.78, 5) is 0. The first-order chi connectivity index (χ1) is 16.1. The van der Waals surface area contributed by atoms with Gasteiger partial charge in [-0.05, 0) is 48.2 Å². The van der Waals surface area contributed by atoms with Crippen LogP contribution in [0.5, 0.6) is 0 Å². The lowest BCUT2D eigenvalue weighted by Gasteiger charge is -2.21. The van der Waals surface area contributed by atoms with E-state index in [-0.39, 0.29) is 6.42 Å². The zero-order valence-electron chi connectivity index (χ0n) is 18.4. The third-order valence-corrected chi connectivity index (χ3v) is 6.37. The van der Waals surface area contributed by atoms with Gasteiger partial charge in [-0.3, -0.25) is 9.78 Å². The number of alkyl halides is 2. The molecule has 0 unspecified atom stereocenters. The van der Waals surface area contributed by atoms with Crippen LogP contribution in [0.3, 0.4) is 0 Å². The summed E-state index contributed by atoms with van der Waals surface area (Å²) in [5, 5.41) is 16.4. The van der Waals surface area contributed by atoms with Gasteiger partial charge in [-0.1, -0.05) is 44.0 Å². The Morgan fingerprint density at radius 1 is 1.09 bits per heavy atom. The van der Waals surface area contributed by atoms with Crippen LogP contribution in [0.25, 0.3) is 27.7 Å². The van der Waals surface area contributed by atoms with Crippen molar-refractivity contribution in [3.05, 3.63) is 72.7 Å². The van der Waals surface area contributed by atoms with Gasteiger partial charge in [0, 0.05) is 29.3 Å². The van der Waals surface area contributed by atoms with Crippen molar-refractivity contribution in [1.29, 1.82) is 0 Å². The van der Waals surface area contributed by atoms with Crippen LogP contribution in [-0.4, -0.2) is 26.4 Å². The van der Waals surface area contributed by atoms with Gasteiger partial charge in [0.15, 0.2) is 0 Å². The second kappa shape index (κ2) is 9.17. The Hall–Kier alpha value is -3.48. The zero-order valence-corrected chi connectivity index (χ0v) is 18.4. The van der Waals surface area contributed by atoms with Crippen LogP contribution in [-0.2, 0) is 6.42 Å². The van der Waals surface area contributed by atoms with Crippen LogP contribution >= 0.6 is 0 Å². The second-order valence-electron chi connectivity index (χ2n) is 8.73. The summed E-state index contributed by atoms with van der Waals surface area (Å²) in [5.41, 5.74) is 5.83. The summed E-state index contributed by atoms with van der Waals surface area (Å²) in [5.74, 6) is 0. The number of aromatic amines is 1. The van der Waals surface area contributed by atoms with E-state index >= 15 is 0 Å². The van der Waals surface area contributed by atoms with E-state index in [1.165, 1.54) is 32.1 Å². The topological polar surface area (TPSA) is 58.5 Å². The standard InChI is InChI=1S/C26H27F2N5/c1-17(30-21-10-7-18(8-11-21)13-25(27)28)26-23-14-19(9-12-24(23)31-32-26)20-15-29-33(16-20)22-5-3-2-4-6-22/h7-12,14-16,22,25,30H,1-6,13H2,(H,31,32). The van der Waals surface area contributed by atoms with E-state index < -0.39 is 6.43 Å². The fourth-order valence-corrected chi connectivity index (χ4v) is 4.59. The maximum absolute atomic E-state index is 12.6. The van der Waals surface area contributed by atoms with Gasteiger partial charge in [-0.25, -0.2) is 8.78 Å². The van der Waals surface area contributed by atoms with E-state index in [1.807, 2.05) is 12.3 Å². The maximum atomic E-state index is 12.6.